The highest BCUT2D eigenvalue weighted by Gasteiger charge is 2.26. The lowest BCUT2D eigenvalue weighted by molar-refractivity contribution is -0.124. The van der Waals surface area contributed by atoms with Gasteiger partial charge in [0.25, 0.3) is 0 Å². The van der Waals surface area contributed by atoms with Crippen molar-refractivity contribution in [2.24, 2.45) is 0 Å². The Morgan fingerprint density at radius 1 is 0.500 bits per heavy atom. The summed E-state index contributed by atoms with van der Waals surface area (Å²) in [5, 5.41) is 33.4. The van der Waals surface area contributed by atoms with Gasteiger partial charge in [-0.3, -0.25) is 4.79 Å². The van der Waals surface area contributed by atoms with Crippen LogP contribution in [0.15, 0.2) is 0 Å². The van der Waals surface area contributed by atoms with E-state index in [4.69, 9.17) is 0 Å². The van der Waals surface area contributed by atoms with E-state index in [-0.39, 0.29) is 12.5 Å². The van der Waals surface area contributed by atoms with Crippen molar-refractivity contribution in [3.8, 4) is 0 Å². The summed E-state index contributed by atoms with van der Waals surface area (Å²) in [6.45, 7) is 4.17. The number of nitrogens with one attached hydrogen (secondary N) is 1. The van der Waals surface area contributed by atoms with Crippen molar-refractivity contribution in [1.29, 1.82) is 0 Å². The second-order valence-corrected chi connectivity index (χ2v) is 13.1. The second kappa shape index (κ2) is 33.2. The van der Waals surface area contributed by atoms with Crippen molar-refractivity contribution < 1.29 is 20.1 Å². The fourth-order valence-electron chi connectivity index (χ4n) is 5.99. The zero-order valence-corrected chi connectivity index (χ0v) is 28.4. The van der Waals surface area contributed by atoms with Crippen LogP contribution in [0, 0.1) is 0 Å². The minimum Gasteiger partial charge on any atom is -0.394 e. The number of amides is 1. The molecule has 252 valence electrons. The van der Waals surface area contributed by atoms with Crippen LogP contribution in [0.25, 0.3) is 0 Å². The zero-order valence-electron chi connectivity index (χ0n) is 28.4. The maximum atomic E-state index is 12.3. The molecule has 0 aliphatic heterocycles. The Kier molecular flexibility index (Phi) is 32.7. The molecule has 0 aliphatic rings. The van der Waals surface area contributed by atoms with Gasteiger partial charge in [0.15, 0.2) is 0 Å². The summed E-state index contributed by atoms with van der Waals surface area (Å²) in [5.41, 5.74) is 0. The number of unbranched alkanes of at least 4 members (excludes halogenated alkanes) is 26. The Labute approximate surface area is 262 Å². The summed E-state index contributed by atoms with van der Waals surface area (Å²) in [6.07, 6.45) is 34.8. The summed E-state index contributed by atoms with van der Waals surface area (Å²) in [5.74, 6) is -0.144. The van der Waals surface area contributed by atoms with Gasteiger partial charge in [0.05, 0.1) is 18.8 Å². The molecule has 0 bridgehead atoms. The molecule has 5 nitrogen and oxygen atoms in total. The summed E-state index contributed by atoms with van der Waals surface area (Å²) >= 11 is 0. The lowest BCUT2D eigenvalue weighted by atomic mass is 9.99. The summed E-state index contributed by atoms with van der Waals surface area (Å²) in [6, 6.07) is -0.800. The van der Waals surface area contributed by atoms with Crippen LogP contribution in [0.5, 0.6) is 0 Å². The van der Waals surface area contributed by atoms with Crippen LogP contribution in [-0.2, 0) is 4.79 Å². The maximum absolute atomic E-state index is 12.3. The van der Waals surface area contributed by atoms with E-state index in [2.05, 4.69) is 19.2 Å². The predicted octanol–water partition coefficient (Wildman–Crippen LogP) is 9.93. The SMILES string of the molecule is CCCCCCCCCCCCCCCCCC[C@@H](O)[C@@H](O)[C@H](CO)NC(=O)CCCCCCCCCCCCCC. The van der Waals surface area contributed by atoms with E-state index in [9.17, 15) is 20.1 Å². The van der Waals surface area contributed by atoms with Gasteiger partial charge in [-0.05, 0) is 12.8 Å². The van der Waals surface area contributed by atoms with Crippen LogP contribution in [-0.4, -0.2) is 46.1 Å². The number of rotatable bonds is 34. The third kappa shape index (κ3) is 28.1. The van der Waals surface area contributed by atoms with Crippen LogP contribution in [0.4, 0.5) is 0 Å². The fraction of sp³-hybridized carbons (Fsp3) is 0.973. The minimum absolute atomic E-state index is 0.144. The molecule has 4 N–H and O–H groups in total. The third-order valence-electron chi connectivity index (χ3n) is 8.96. The Morgan fingerprint density at radius 3 is 1.14 bits per heavy atom. The first-order valence-electron chi connectivity index (χ1n) is 18.8. The summed E-state index contributed by atoms with van der Waals surface area (Å²) < 4.78 is 0. The lowest BCUT2D eigenvalue weighted by Crippen LogP contribution is -2.50. The molecule has 0 fully saturated rings. The average molecular weight is 598 g/mol. The molecule has 0 spiro atoms. The Hall–Kier alpha value is -0.650. The maximum Gasteiger partial charge on any atom is 0.220 e. The fourth-order valence-corrected chi connectivity index (χ4v) is 5.99. The molecule has 42 heavy (non-hydrogen) atoms. The first kappa shape index (κ1) is 41.4. The van der Waals surface area contributed by atoms with Gasteiger partial charge in [0.2, 0.25) is 5.91 Å². The molecule has 3 atom stereocenters. The predicted molar refractivity (Wildman–Crippen MR) is 181 cm³/mol. The molecule has 0 rings (SSSR count). The average Bonchev–Trinajstić information content (AvgIpc) is 2.99. The van der Waals surface area contributed by atoms with Gasteiger partial charge in [0.1, 0.15) is 6.10 Å². The highest BCUT2D eigenvalue weighted by atomic mass is 16.3. The molecule has 0 unspecified atom stereocenters. The van der Waals surface area contributed by atoms with Gasteiger partial charge in [-0.15, -0.1) is 0 Å². The van der Waals surface area contributed by atoms with Crippen molar-refractivity contribution in [3.05, 3.63) is 0 Å². The van der Waals surface area contributed by atoms with Gasteiger partial charge in [-0.2, -0.15) is 0 Å². The van der Waals surface area contributed by atoms with Gasteiger partial charge in [-0.25, -0.2) is 0 Å². The monoisotopic (exact) mass is 598 g/mol. The van der Waals surface area contributed by atoms with Crippen molar-refractivity contribution in [2.75, 3.05) is 6.61 Å². The minimum atomic E-state index is -1.13. The lowest BCUT2D eigenvalue weighted by Gasteiger charge is -2.26. The van der Waals surface area contributed by atoms with Gasteiger partial charge >= 0.3 is 0 Å². The number of aliphatic hydroxyl groups excluding tert-OH is 3. The first-order valence-corrected chi connectivity index (χ1v) is 18.8. The number of carbonyl (C=O) groups is 1. The van der Waals surface area contributed by atoms with Crippen molar-refractivity contribution in [2.45, 2.75) is 225 Å². The summed E-state index contributed by atoms with van der Waals surface area (Å²) in [7, 11) is 0. The van der Waals surface area contributed by atoms with E-state index in [0.717, 1.165) is 32.1 Å². The molecule has 0 aromatic rings. The topological polar surface area (TPSA) is 89.8 Å². The highest BCUT2D eigenvalue weighted by Crippen LogP contribution is 2.16. The van der Waals surface area contributed by atoms with Crippen LogP contribution in [0.2, 0.25) is 0 Å². The van der Waals surface area contributed by atoms with Gasteiger partial charge < -0.3 is 20.6 Å². The van der Waals surface area contributed by atoms with E-state index in [1.165, 1.54) is 148 Å². The molecule has 0 aliphatic carbocycles. The van der Waals surface area contributed by atoms with E-state index in [1.54, 1.807) is 0 Å². The Morgan fingerprint density at radius 2 is 0.810 bits per heavy atom. The van der Waals surface area contributed by atoms with E-state index in [1.807, 2.05) is 0 Å². The number of hydrogen-bond donors (Lipinski definition) is 4. The van der Waals surface area contributed by atoms with Gasteiger partial charge in [0, 0.05) is 6.42 Å². The molecule has 0 heterocycles. The van der Waals surface area contributed by atoms with E-state index < -0.39 is 18.2 Å². The zero-order chi connectivity index (χ0) is 30.9. The summed E-state index contributed by atoms with van der Waals surface area (Å²) in [4.78, 5) is 12.3. The van der Waals surface area contributed by atoms with E-state index in [0.29, 0.717) is 12.8 Å². The van der Waals surface area contributed by atoms with Crippen LogP contribution >= 0.6 is 0 Å². The first-order chi connectivity index (χ1) is 20.6. The highest BCUT2D eigenvalue weighted by molar-refractivity contribution is 5.76. The third-order valence-corrected chi connectivity index (χ3v) is 8.96. The molecule has 0 aromatic carbocycles. The quantitative estimate of drug-likeness (QED) is 0.0556. The Bertz CT molecular complexity index is 544. The molecule has 0 saturated carbocycles. The molecule has 0 radical (unpaired) electrons. The molecular weight excluding hydrogens is 522 g/mol. The molecule has 5 heteroatoms. The van der Waals surface area contributed by atoms with Crippen molar-refractivity contribution in [3.63, 3.8) is 0 Å². The van der Waals surface area contributed by atoms with Crippen LogP contribution in [0.1, 0.15) is 206 Å². The van der Waals surface area contributed by atoms with Crippen molar-refractivity contribution in [1.82, 2.24) is 5.32 Å². The molecule has 0 aromatic heterocycles. The Balaban J connectivity index is 3.65. The molecular formula is C37H75NO4. The van der Waals surface area contributed by atoms with Crippen LogP contribution < -0.4 is 5.32 Å². The normalized spacial score (nSPS) is 13.7. The van der Waals surface area contributed by atoms with E-state index >= 15 is 0 Å². The standard InChI is InChI=1S/C37H75NO4/c1-3-5-7-9-11-13-15-17-18-19-20-21-23-25-27-29-31-35(40)37(42)34(33-39)38-36(41)32-30-28-26-24-22-16-14-12-10-8-6-4-2/h34-35,37,39-40,42H,3-33H2,1-2H3,(H,38,41)/t34-,35+,37-/m0/s1. The smallest absolute Gasteiger partial charge is 0.220 e. The van der Waals surface area contributed by atoms with Crippen LogP contribution in [0.3, 0.4) is 0 Å². The number of hydrogen-bond acceptors (Lipinski definition) is 4. The molecule has 0 saturated heterocycles. The molecule has 1 amide bonds. The van der Waals surface area contributed by atoms with Gasteiger partial charge in [-0.1, -0.05) is 187 Å². The van der Waals surface area contributed by atoms with Crippen molar-refractivity contribution >= 4 is 5.91 Å². The number of carbonyl (C=O) groups excluding carboxylic acids is 1. The number of aliphatic hydroxyl groups is 3. The largest absolute Gasteiger partial charge is 0.394 e. The second-order valence-electron chi connectivity index (χ2n) is 13.1.